The number of carbonyl (C=O) groups is 2. The molecule has 0 spiro atoms. The number of benzene rings is 1. The zero-order chi connectivity index (χ0) is 19.0. The van der Waals surface area contributed by atoms with Crippen LogP contribution in [0, 0.1) is 6.92 Å². The zero-order valence-electron chi connectivity index (χ0n) is 15.8. The van der Waals surface area contributed by atoms with Crippen molar-refractivity contribution in [3.8, 4) is 0 Å². The molecule has 0 radical (unpaired) electrons. The van der Waals surface area contributed by atoms with Crippen LogP contribution in [0.5, 0.6) is 0 Å². The molecule has 6 nitrogen and oxygen atoms in total. The van der Waals surface area contributed by atoms with Crippen molar-refractivity contribution in [3.63, 3.8) is 0 Å². The number of piperazine rings is 1. The summed E-state index contributed by atoms with van der Waals surface area (Å²) in [6, 6.07) is 11.1. The topological polar surface area (TPSA) is 56.8 Å². The number of fused-ring (bicyclic) bond motifs is 1. The number of pyridine rings is 1. The number of rotatable bonds is 3. The third kappa shape index (κ3) is 3.32. The molecular weight excluding hydrogens is 340 g/mol. The van der Waals surface area contributed by atoms with Crippen molar-refractivity contribution in [1.29, 1.82) is 0 Å². The number of anilines is 1. The predicted octanol–water partition coefficient (Wildman–Crippen LogP) is 2.26. The summed E-state index contributed by atoms with van der Waals surface area (Å²) in [5.74, 6) is -0.00284. The van der Waals surface area contributed by atoms with Gasteiger partial charge in [-0.05, 0) is 43.8 Å². The molecule has 3 heterocycles. The Bertz CT molecular complexity index is 874. The van der Waals surface area contributed by atoms with Crippen LogP contribution < -0.4 is 4.90 Å². The fraction of sp³-hybridized carbons (Fsp3) is 0.381. The summed E-state index contributed by atoms with van der Waals surface area (Å²) >= 11 is 0. The minimum atomic E-state index is -0.359. The van der Waals surface area contributed by atoms with Gasteiger partial charge >= 0.3 is 0 Å². The highest BCUT2D eigenvalue weighted by atomic mass is 16.2. The number of amides is 2. The van der Waals surface area contributed by atoms with Gasteiger partial charge in [-0.1, -0.05) is 12.1 Å². The highest BCUT2D eigenvalue weighted by Crippen LogP contribution is 2.38. The summed E-state index contributed by atoms with van der Waals surface area (Å²) in [5, 5.41) is 0. The first-order chi connectivity index (χ1) is 13.0. The van der Waals surface area contributed by atoms with Gasteiger partial charge in [0.05, 0.1) is 23.7 Å². The minimum Gasteiger partial charge on any atom is -0.340 e. The standard InChI is InChI=1S/C21H24N4O2/c1-15-5-3-6-16(13-15)25-18(20-17(21(25)27)7-4-8-22-20)14-19(26)24-11-9-23(2)10-12-24/h3-8,13,18H,9-12,14H2,1-2H3/t18-/m1/s1. The van der Waals surface area contributed by atoms with Crippen molar-refractivity contribution in [3.05, 3.63) is 59.4 Å². The smallest absolute Gasteiger partial charge is 0.260 e. The van der Waals surface area contributed by atoms with Gasteiger partial charge in [-0.2, -0.15) is 0 Å². The van der Waals surface area contributed by atoms with Crippen LogP contribution in [0.2, 0.25) is 0 Å². The average Bonchev–Trinajstić information content (AvgIpc) is 2.94. The van der Waals surface area contributed by atoms with Gasteiger partial charge in [-0.3, -0.25) is 19.5 Å². The third-order valence-corrected chi connectivity index (χ3v) is 5.42. The quantitative estimate of drug-likeness (QED) is 0.838. The molecule has 27 heavy (non-hydrogen) atoms. The number of hydrogen-bond acceptors (Lipinski definition) is 4. The normalized spacial score (nSPS) is 20.1. The molecule has 0 N–H and O–H groups in total. The van der Waals surface area contributed by atoms with Crippen LogP contribution in [0.3, 0.4) is 0 Å². The lowest BCUT2D eigenvalue weighted by Gasteiger charge is -2.34. The summed E-state index contributed by atoms with van der Waals surface area (Å²) in [7, 11) is 2.07. The second-order valence-corrected chi connectivity index (χ2v) is 7.35. The van der Waals surface area contributed by atoms with Crippen molar-refractivity contribution in [2.24, 2.45) is 0 Å². The van der Waals surface area contributed by atoms with Crippen LogP contribution in [0.4, 0.5) is 5.69 Å². The fourth-order valence-corrected chi connectivity index (χ4v) is 3.87. The molecule has 2 aliphatic heterocycles. The van der Waals surface area contributed by atoms with Crippen LogP contribution in [0.15, 0.2) is 42.6 Å². The minimum absolute atomic E-state index is 0.0806. The van der Waals surface area contributed by atoms with E-state index in [0.717, 1.165) is 37.4 Å². The molecule has 1 fully saturated rings. The Hall–Kier alpha value is -2.73. The molecule has 2 aliphatic rings. The van der Waals surface area contributed by atoms with Gasteiger partial charge in [-0.25, -0.2) is 0 Å². The molecule has 0 aliphatic carbocycles. The van der Waals surface area contributed by atoms with Gasteiger partial charge < -0.3 is 9.80 Å². The van der Waals surface area contributed by atoms with Crippen LogP contribution in [0.25, 0.3) is 0 Å². The molecular formula is C21H24N4O2. The molecule has 1 atom stereocenters. The van der Waals surface area contributed by atoms with Crippen LogP contribution in [-0.4, -0.2) is 59.8 Å². The Kier molecular flexibility index (Phi) is 4.66. The SMILES string of the molecule is Cc1cccc(N2C(=O)c3cccnc3[C@H]2CC(=O)N2CCN(C)CC2)c1. The van der Waals surface area contributed by atoms with E-state index in [1.165, 1.54) is 0 Å². The molecule has 6 heteroatoms. The lowest BCUT2D eigenvalue weighted by atomic mass is 10.1. The zero-order valence-corrected chi connectivity index (χ0v) is 15.8. The number of aryl methyl sites for hydroxylation is 1. The summed E-state index contributed by atoms with van der Waals surface area (Å²) < 4.78 is 0. The highest BCUT2D eigenvalue weighted by Gasteiger charge is 2.40. The number of likely N-dealkylation sites (N-methyl/N-ethyl adjacent to an activating group) is 1. The average molecular weight is 364 g/mol. The van der Waals surface area contributed by atoms with Gasteiger partial charge in [0.1, 0.15) is 0 Å². The van der Waals surface area contributed by atoms with Crippen molar-refractivity contribution in [1.82, 2.24) is 14.8 Å². The second-order valence-electron chi connectivity index (χ2n) is 7.35. The van der Waals surface area contributed by atoms with E-state index >= 15 is 0 Å². The van der Waals surface area contributed by atoms with E-state index in [-0.39, 0.29) is 24.3 Å². The Morgan fingerprint density at radius 3 is 2.67 bits per heavy atom. The maximum Gasteiger partial charge on any atom is 0.260 e. The van der Waals surface area contributed by atoms with Crippen molar-refractivity contribution in [2.45, 2.75) is 19.4 Å². The van der Waals surface area contributed by atoms with E-state index in [1.807, 2.05) is 36.1 Å². The van der Waals surface area contributed by atoms with E-state index < -0.39 is 0 Å². The largest absolute Gasteiger partial charge is 0.340 e. The van der Waals surface area contributed by atoms with E-state index in [2.05, 4.69) is 16.9 Å². The Morgan fingerprint density at radius 1 is 1.15 bits per heavy atom. The van der Waals surface area contributed by atoms with E-state index in [4.69, 9.17) is 0 Å². The van der Waals surface area contributed by atoms with E-state index in [1.54, 1.807) is 23.2 Å². The number of carbonyl (C=O) groups excluding carboxylic acids is 2. The lowest BCUT2D eigenvalue weighted by molar-refractivity contribution is -0.133. The van der Waals surface area contributed by atoms with E-state index in [9.17, 15) is 9.59 Å². The van der Waals surface area contributed by atoms with Gasteiger partial charge in [0.15, 0.2) is 0 Å². The maximum absolute atomic E-state index is 13.1. The first-order valence-corrected chi connectivity index (χ1v) is 9.36. The molecule has 1 saturated heterocycles. The second kappa shape index (κ2) is 7.12. The Balaban J connectivity index is 1.64. The van der Waals surface area contributed by atoms with Gasteiger partial charge in [-0.15, -0.1) is 0 Å². The molecule has 2 aromatic rings. The van der Waals surface area contributed by atoms with Gasteiger partial charge in [0.2, 0.25) is 5.91 Å². The molecule has 0 saturated carbocycles. The lowest BCUT2D eigenvalue weighted by Crippen LogP contribution is -2.47. The van der Waals surface area contributed by atoms with Crippen LogP contribution >= 0.6 is 0 Å². The monoisotopic (exact) mass is 364 g/mol. The number of hydrogen-bond donors (Lipinski definition) is 0. The predicted molar refractivity (Wildman–Crippen MR) is 104 cm³/mol. The first-order valence-electron chi connectivity index (χ1n) is 9.36. The summed E-state index contributed by atoms with van der Waals surface area (Å²) in [5.41, 5.74) is 3.18. The van der Waals surface area contributed by atoms with Crippen LogP contribution in [-0.2, 0) is 4.79 Å². The summed E-state index contributed by atoms with van der Waals surface area (Å²) in [6.45, 7) is 5.22. The Morgan fingerprint density at radius 2 is 1.93 bits per heavy atom. The van der Waals surface area contributed by atoms with Crippen molar-refractivity contribution >= 4 is 17.5 Å². The molecule has 0 bridgehead atoms. The fourth-order valence-electron chi connectivity index (χ4n) is 3.87. The highest BCUT2D eigenvalue weighted by molar-refractivity contribution is 6.11. The van der Waals surface area contributed by atoms with Crippen LogP contribution in [0.1, 0.15) is 34.1 Å². The molecule has 140 valence electrons. The molecule has 0 unspecified atom stereocenters. The molecule has 1 aromatic heterocycles. The van der Waals surface area contributed by atoms with E-state index in [0.29, 0.717) is 11.3 Å². The van der Waals surface area contributed by atoms with Gasteiger partial charge in [0, 0.05) is 38.1 Å². The third-order valence-electron chi connectivity index (χ3n) is 5.42. The Labute approximate surface area is 159 Å². The summed E-state index contributed by atoms with van der Waals surface area (Å²) in [4.78, 5) is 36.4. The van der Waals surface area contributed by atoms with Crippen molar-refractivity contribution < 1.29 is 9.59 Å². The maximum atomic E-state index is 13.1. The number of nitrogens with zero attached hydrogens (tertiary/aromatic N) is 4. The molecule has 1 aromatic carbocycles. The first kappa shape index (κ1) is 17.7. The summed E-state index contributed by atoms with van der Waals surface area (Å²) in [6.07, 6.45) is 1.95. The molecule has 2 amide bonds. The number of aromatic nitrogens is 1. The van der Waals surface area contributed by atoms with Gasteiger partial charge in [0.25, 0.3) is 5.91 Å². The molecule has 4 rings (SSSR count). The van der Waals surface area contributed by atoms with Crippen molar-refractivity contribution in [2.75, 3.05) is 38.1 Å².